The molecule has 1 fully saturated rings. The van der Waals surface area contributed by atoms with Gasteiger partial charge in [0.15, 0.2) is 6.10 Å². The largest absolute Gasteiger partial charge is 0.467 e. The first-order valence-corrected chi connectivity index (χ1v) is 5.53. The molecule has 0 aromatic rings. The fourth-order valence-corrected chi connectivity index (χ4v) is 1.63. The fourth-order valence-electron chi connectivity index (χ4n) is 1.63. The van der Waals surface area contributed by atoms with Crippen molar-refractivity contribution in [1.29, 1.82) is 0 Å². The van der Waals surface area contributed by atoms with Gasteiger partial charge >= 0.3 is 5.97 Å². The summed E-state index contributed by atoms with van der Waals surface area (Å²) in [6.45, 7) is 2.21. The molecule has 0 bridgehead atoms. The molecular formula is C11H20O3. The van der Waals surface area contributed by atoms with Gasteiger partial charge in [-0.15, -0.1) is 0 Å². The van der Waals surface area contributed by atoms with Gasteiger partial charge in [0.1, 0.15) is 0 Å². The lowest BCUT2D eigenvalue weighted by atomic mass is 10.1. The second-order valence-electron chi connectivity index (χ2n) is 3.82. The van der Waals surface area contributed by atoms with Gasteiger partial charge in [-0.1, -0.05) is 39.0 Å². The number of carbonyl (C=O) groups excluding carboxylic acids is 1. The van der Waals surface area contributed by atoms with E-state index in [1.165, 1.54) is 32.8 Å². The van der Waals surface area contributed by atoms with E-state index in [1.807, 2.05) is 0 Å². The van der Waals surface area contributed by atoms with E-state index in [9.17, 15) is 4.79 Å². The number of ether oxygens (including phenoxy) is 2. The van der Waals surface area contributed by atoms with E-state index in [0.29, 0.717) is 0 Å². The molecule has 1 rings (SSSR count). The van der Waals surface area contributed by atoms with Crippen LogP contribution in [0.25, 0.3) is 0 Å². The minimum atomic E-state index is -0.258. The highest BCUT2D eigenvalue weighted by atomic mass is 16.6. The zero-order valence-corrected chi connectivity index (χ0v) is 9.12. The second-order valence-corrected chi connectivity index (χ2v) is 3.82. The van der Waals surface area contributed by atoms with Gasteiger partial charge in [-0.05, 0) is 6.42 Å². The van der Waals surface area contributed by atoms with Gasteiger partial charge < -0.3 is 9.47 Å². The summed E-state index contributed by atoms with van der Waals surface area (Å²) in [5.74, 6) is -0.219. The van der Waals surface area contributed by atoms with E-state index < -0.39 is 0 Å². The molecule has 0 saturated carbocycles. The van der Waals surface area contributed by atoms with Crippen LogP contribution in [0.5, 0.6) is 0 Å². The topological polar surface area (TPSA) is 38.8 Å². The predicted molar refractivity (Wildman–Crippen MR) is 54.1 cm³/mol. The average molecular weight is 200 g/mol. The zero-order chi connectivity index (χ0) is 10.4. The monoisotopic (exact) mass is 200 g/mol. The van der Waals surface area contributed by atoms with Gasteiger partial charge in [-0.2, -0.15) is 0 Å². The van der Waals surface area contributed by atoms with E-state index in [0.717, 1.165) is 12.8 Å². The number of hydrogen-bond acceptors (Lipinski definition) is 3. The Balaban J connectivity index is 1.93. The first kappa shape index (κ1) is 11.5. The van der Waals surface area contributed by atoms with Crippen molar-refractivity contribution in [1.82, 2.24) is 0 Å². The molecule has 1 aliphatic rings. The van der Waals surface area contributed by atoms with Crippen molar-refractivity contribution in [3.8, 4) is 0 Å². The molecule has 82 valence electrons. The van der Waals surface area contributed by atoms with E-state index >= 15 is 0 Å². The number of hydrogen-bond donors (Lipinski definition) is 0. The molecule has 1 saturated heterocycles. The first-order valence-electron chi connectivity index (χ1n) is 5.53. The molecule has 0 aromatic carbocycles. The highest BCUT2D eigenvalue weighted by Crippen LogP contribution is 2.28. The molecule has 0 spiro atoms. The van der Waals surface area contributed by atoms with Crippen molar-refractivity contribution in [3.05, 3.63) is 0 Å². The molecular weight excluding hydrogens is 180 g/mol. The normalized spacial score (nSPS) is 24.7. The number of unbranched alkanes of at least 4 members (excludes halogenated alkanes) is 4. The van der Waals surface area contributed by atoms with Crippen LogP contribution >= 0.6 is 0 Å². The molecule has 0 aliphatic carbocycles. The number of rotatable bonds is 7. The summed E-state index contributed by atoms with van der Waals surface area (Å²) in [6.07, 6.45) is 7.18. The fraction of sp³-hybridized carbons (Fsp3) is 0.909. The van der Waals surface area contributed by atoms with Crippen molar-refractivity contribution >= 4 is 5.97 Å². The van der Waals surface area contributed by atoms with E-state index in [2.05, 4.69) is 11.7 Å². The Morgan fingerprint density at radius 1 is 1.29 bits per heavy atom. The Kier molecular flexibility index (Phi) is 4.94. The van der Waals surface area contributed by atoms with Crippen LogP contribution in [0.3, 0.4) is 0 Å². The maximum absolute atomic E-state index is 11.0. The van der Waals surface area contributed by atoms with Crippen LogP contribution in [0.4, 0.5) is 0 Å². The van der Waals surface area contributed by atoms with Gasteiger partial charge in [-0.25, -0.2) is 4.79 Å². The third-order valence-electron chi connectivity index (χ3n) is 2.61. The van der Waals surface area contributed by atoms with Crippen LogP contribution in [0.15, 0.2) is 0 Å². The summed E-state index contributed by atoms with van der Waals surface area (Å²) in [5, 5.41) is 0. The molecule has 1 heterocycles. The number of epoxide rings is 1. The maximum atomic E-state index is 11.0. The van der Waals surface area contributed by atoms with Crippen molar-refractivity contribution in [2.75, 3.05) is 7.11 Å². The summed E-state index contributed by atoms with van der Waals surface area (Å²) in [6, 6.07) is 0. The van der Waals surface area contributed by atoms with Crippen molar-refractivity contribution < 1.29 is 14.3 Å². The quantitative estimate of drug-likeness (QED) is 0.359. The summed E-state index contributed by atoms with van der Waals surface area (Å²) in [5.41, 5.74) is 0. The average Bonchev–Trinajstić information content (AvgIpc) is 2.96. The maximum Gasteiger partial charge on any atom is 0.337 e. The molecule has 0 amide bonds. The van der Waals surface area contributed by atoms with Gasteiger partial charge in [0.2, 0.25) is 0 Å². The Bertz CT molecular complexity index is 179. The van der Waals surface area contributed by atoms with Crippen molar-refractivity contribution in [3.63, 3.8) is 0 Å². The van der Waals surface area contributed by atoms with Crippen LogP contribution < -0.4 is 0 Å². The lowest BCUT2D eigenvalue weighted by Gasteiger charge is -1.97. The Labute approximate surface area is 85.8 Å². The van der Waals surface area contributed by atoms with E-state index in [1.54, 1.807) is 0 Å². The smallest absolute Gasteiger partial charge is 0.337 e. The van der Waals surface area contributed by atoms with Crippen molar-refractivity contribution in [2.45, 2.75) is 57.7 Å². The van der Waals surface area contributed by atoms with Crippen LogP contribution in [0.1, 0.15) is 45.4 Å². The molecule has 0 radical (unpaired) electrons. The van der Waals surface area contributed by atoms with Crippen LogP contribution in [0.2, 0.25) is 0 Å². The highest BCUT2D eigenvalue weighted by Gasteiger charge is 2.45. The molecule has 0 N–H and O–H groups in total. The molecule has 2 atom stereocenters. The number of methoxy groups -OCH3 is 1. The molecule has 3 nitrogen and oxygen atoms in total. The SMILES string of the molecule is CCCCCCC[C@H]1O[C@@H]1C(=O)OC. The summed E-state index contributed by atoms with van der Waals surface area (Å²) in [4.78, 5) is 11.0. The summed E-state index contributed by atoms with van der Waals surface area (Å²) in [7, 11) is 1.41. The molecule has 1 aliphatic heterocycles. The predicted octanol–water partition coefficient (Wildman–Crippen LogP) is 2.29. The Morgan fingerprint density at radius 3 is 2.64 bits per heavy atom. The van der Waals surface area contributed by atoms with Gasteiger partial charge in [-0.3, -0.25) is 0 Å². The van der Waals surface area contributed by atoms with E-state index in [4.69, 9.17) is 4.74 Å². The molecule has 0 unspecified atom stereocenters. The van der Waals surface area contributed by atoms with Gasteiger partial charge in [0, 0.05) is 0 Å². The third-order valence-corrected chi connectivity index (χ3v) is 2.61. The lowest BCUT2D eigenvalue weighted by molar-refractivity contribution is -0.142. The molecule has 14 heavy (non-hydrogen) atoms. The number of carbonyl (C=O) groups is 1. The second kappa shape index (κ2) is 6.02. The Hall–Kier alpha value is -0.570. The minimum absolute atomic E-state index is 0.143. The van der Waals surface area contributed by atoms with Crippen molar-refractivity contribution in [2.24, 2.45) is 0 Å². The van der Waals surface area contributed by atoms with Crippen LogP contribution in [-0.4, -0.2) is 25.3 Å². The Morgan fingerprint density at radius 2 is 2.00 bits per heavy atom. The standard InChI is InChI=1S/C11H20O3/c1-3-4-5-6-7-8-9-10(14-9)11(12)13-2/h9-10H,3-8H2,1-2H3/t9-,10+/m1/s1. The lowest BCUT2D eigenvalue weighted by Crippen LogP contribution is -2.11. The molecule has 0 aromatic heterocycles. The molecule has 3 heteroatoms. The third kappa shape index (κ3) is 3.66. The van der Waals surface area contributed by atoms with Crippen LogP contribution in [-0.2, 0) is 14.3 Å². The highest BCUT2D eigenvalue weighted by molar-refractivity contribution is 5.77. The van der Waals surface area contributed by atoms with Crippen LogP contribution in [0, 0.1) is 0 Å². The van der Waals surface area contributed by atoms with Gasteiger partial charge in [0.05, 0.1) is 13.2 Å². The summed E-state index contributed by atoms with van der Waals surface area (Å²) < 4.78 is 9.79. The minimum Gasteiger partial charge on any atom is -0.467 e. The summed E-state index contributed by atoms with van der Waals surface area (Å²) >= 11 is 0. The first-order chi connectivity index (χ1) is 6.79. The number of esters is 1. The van der Waals surface area contributed by atoms with Gasteiger partial charge in [0.25, 0.3) is 0 Å². The van der Waals surface area contributed by atoms with E-state index in [-0.39, 0.29) is 18.2 Å². The zero-order valence-electron chi connectivity index (χ0n) is 9.12.